The summed E-state index contributed by atoms with van der Waals surface area (Å²) in [4.78, 5) is 0. The molecule has 0 bridgehead atoms. The Hall–Kier alpha value is -1.42. The Bertz CT molecular complexity index is 379. The number of nitrogens with one attached hydrogen (secondary N) is 2. The lowest BCUT2D eigenvalue weighted by molar-refractivity contribution is 0.624. The third-order valence-electron chi connectivity index (χ3n) is 2.05. The van der Waals surface area contributed by atoms with Crippen LogP contribution in [0.3, 0.4) is 0 Å². The quantitative estimate of drug-likeness (QED) is 0.622. The fraction of sp³-hybridized carbons (Fsp3) is 0.250. The molecule has 1 unspecified atom stereocenters. The van der Waals surface area contributed by atoms with Gasteiger partial charge in [-0.25, -0.2) is 4.39 Å². The zero-order valence-electron chi connectivity index (χ0n) is 9.16. The summed E-state index contributed by atoms with van der Waals surface area (Å²) < 4.78 is 12.9. The van der Waals surface area contributed by atoms with Gasteiger partial charge in [-0.2, -0.15) is 0 Å². The maximum atomic E-state index is 12.9. The second-order valence-electron chi connectivity index (χ2n) is 3.48. The van der Waals surface area contributed by atoms with E-state index < -0.39 is 0 Å². The van der Waals surface area contributed by atoms with Gasteiger partial charge in [0.15, 0.2) is 5.11 Å². The van der Waals surface area contributed by atoms with Gasteiger partial charge in [-0.15, -0.1) is 6.58 Å². The minimum Gasteiger partial charge on any atom is -0.359 e. The highest BCUT2D eigenvalue weighted by Crippen LogP contribution is 2.02. The number of halogens is 1. The summed E-state index contributed by atoms with van der Waals surface area (Å²) in [6, 6.07) is 6.53. The van der Waals surface area contributed by atoms with E-state index in [1.807, 2.05) is 13.0 Å². The van der Waals surface area contributed by atoms with E-state index in [1.165, 1.54) is 12.1 Å². The highest BCUT2D eigenvalue weighted by molar-refractivity contribution is 7.80. The van der Waals surface area contributed by atoms with E-state index in [-0.39, 0.29) is 11.9 Å². The van der Waals surface area contributed by atoms with E-state index in [4.69, 9.17) is 12.2 Å². The third-order valence-corrected chi connectivity index (χ3v) is 2.32. The monoisotopic (exact) mass is 238 g/mol. The van der Waals surface area contributed by atoms with Crippen LogP contribution in [0.15, 0.2) is 36.9 Å². The minimum absolute atomic E-state index is 0.118. The number of hydrogen-bond donors (Lipinski definition) is 2. The van der Waals surface area contributed by atoms with Crippen molar-refractivity contribution in [3.05, 3.63) is 48.3 Å². The molecule has 0 aliphatic carbocycles. The average Bonchev–Trinajstić information content (AvgIpc) is 2.26. The second-order valence-corrected chi connectivity index (χ2v) is 3.89. The molecule has 0 saturated heterocycles. The minimum atomic E-state index is -0.238. The molecule has 1 atom stereocenters. The van der Waals surface area contributed by atoms with Gasteiger partial charge in [-0.3, -0.25) is 0 Å². The first kappa shape index (κ1) is 12.6. The Balaban J connectivity index is 2.40. The molecule has 16 heavy (non-hydrogen) atoms. The van der Waals surface area contributed by atoms with Crippen molar-refractivity contribution < 1.29 is 4.39 Å². The van der Waals surface area contributed by atoms with Gasteiger partial charge in [-0.1, -0.05) is 18.2 Å². The molecule has 86 valence electrons. The first-order chi connectivity index (χ1) is 7.61. The fourth-order valence-corrected chi connectivity index (χ4v) is 1.40. The van der Waals surface area contributed by atoms with Gasteiger partial charge in [0.2, 0.25) is 0 Å². The maximum absolute atomic E-state index is 12.9. The third kappa shape index (κ3) is 4.40. The summed E-state index contributed by atoms with van der Waals surface area (Å²) in [5.41, 5.74) is 0.857. The molecule has 0 radical (unpaired) electrons. The van der Waals surface area contributed by atoms with Crippen LogP contribution in [-0.4, -0.2) is 11.2 Å². The molecule has 0 spiro atoms. The molecule has 2 nitrogen and oxygen atoms in total. The van der Waals surface area contributed by atoms with Crippen LogP contribution >= 0.6 is 12.2 Å². The summed E-state index contributed by atoms with van der Waals surface area (Å²) in [5, 5.41) is 6.56. The summed E-state index contributed by atoms with van der Waals surface area (Å²) in [5.74, 6) is -0.238. The highest BCUT2D eigenvalue weighted by atomic mass is 32.1. The van der Waals surface area contributed by atoms with Crippen molar-refractivity contribution in [1.82, 2.24) is 10.6 Å². The van der Waals surface area contributed by atoms with Gasteiger partial charge in [0, 0.05) is 12.6 Å². The largest absolute Gasteiger partial charge is 0.359 e. The van der Waals surface area contributed by atoms with Gasteiger partial charge < -0.3 is 10.6 Å². The molecule has 1 aromatic carbocycles. The van der Waals surface area contributed by atoms with Crippen molar-refractivity contribution in [3.63, 3.8) is 0 Å². The molecule has 4 heteroatoms. The molecule has 0 heterocycles. The Kier molecular flexibility index (Phi) is 4.92. The summed E-state index contributed by atoms with van der Waals surface area (Å²) in [7, 11) is 0. The van der Waals surface area contributed by atoms with Crippen LogP contribution < -0.4 is 10.6 Å². The first-order valence-corrected chi connectivity index (χ1v) is 5.44. The average molecular weight is 238 g/mol. The van der Waals surface area contributed by atoms with Crippen LogP contribution in [-0.2, 0) is 6.54 Å². The predicted octanol–water partition coefficient (Wildman–Crippen LogP) is 2.36. The van der Waals surface area contributed by atoms with Crippen LogP contribution in [0.5, 0.6) is 0 Å². The van der Waals surface area contributed by atoms with Crippen molar-refractivity contribution in [2.75, 3.05) is 0 Å². The van der Waals surface area contributed by atoms with Crippen molar-refractivity contribution in [3.8, 4) is 0 Å². The molecular formula is C12H15FN2S. The molecule has 0 saturated carbocycles. The van der Waals surface area contributed by atoms with E-state index in [1.54, 1.807) is 12.1 Å². The number of thiocarbonyl (C=S) groups is 1. The Morgan fingerprint density at radius 1 is 1.62 bits per heavy atom. The van der Waals surface area contributed by atoms with E-state index in [9.17, 15) is 4.39 Å². The van der Waals surface area contributed by atoms with E-state index in [0.717, 1.165) is 5.56 Å². The number of rotatable bonds is 4. The van der Waals surface area contributed by atoms with Crippen LogP contribution in [0.2, 0.25) is 0 Å². The van der Waals surface area contributed by atoms with Gasteiger partial charge in [0.1, 0.15) is 5.82 Å². The summed E-state index contributed by atoms with van der Waals surface area (Å²) in [6.45, 7) is 6.10. The van der Waals surface area contributed by atoms with Crippen LogP contribution in [0.1, 0.15) is 12.5 Å². The molecule has 0 fully saturated rings. The van der Waals surface area contributed by atoms with Crippen molar-refractivity contribution in [2.45, 2.75) is 19.5 Å². The summed E-state index contributed by atoms with van der Waals surface area (Å²) in [6.07, 6.45) is 1.76. The Labute approximate surface area is 101 Å². The van der Waals surface area contributed by atoms with Gasteiger partial charge in [0.25, 0.3) is 0 Å². The lowest BCUT2D eigenvalue weighted by Gasteiger charge is -2.13. The molecule has 1 aromatic rings. The van der Waals surface area contributed by atoms with E-state index in [2.05, 4.69) is 17.2 Å². The summed E-state index contributed by atoms with van der Waals surface area (Å²) >= 11 is 5.06. The zero-order valence-corrected chi connectivity index (χ0v) is 9.98. The molecule has 1 rings (SSSR count). The predicted molar refractivity (Wildman–Crippen MR) is 68.6 cm³/mol. The van der Waals surface area contributed by atoms with Gasteiger partial charge in [0.05, 0.1) is 0 Å². The Morgan fingerprint density at radius 2 is 2.38 bits per heavy atom. The first-order valence-electron chi connectivity index (χ1n) is 5.03. The van der Waals surface area contributed by atoms with Gasteiger partial charge >= 0.3 is 0 Å². The number of hydrogen-bond acceptors (Lipinski definition) is 1. The molecule has 2 N–H and O–H groups in total. The standard InChI is InChI=1S/C12H15FN2S/c1-3-9(2)15-12(16)14-8-10-5-4-6-11(13)7-10/h3-7,9H,1,8H2,2H3,(H2,14,15,16). The van der Waals surface area contributed by atoms with E-state index >= 15 is 0 Å². The Morgan fingerprint density at radius 3 is 3.00 bits per heavy atom. The normalized spacial score (nSPS) is 11.6. The van der Waals surface area contributed by atoms with Crippen molar-refractivity contribution in [2.24, 2.45) is 0 Å². The highest BCUT2D eigenvalue weighted by Gasteiger charge is 2.00. The smallest absolute Gasteiger partial charge is 0.167 e. The SMILES string of the molecule is C=CC(C)NC(=S)NCc1cccc(F)c1. The fourth-order valence-electron chi connectivity index (χ4n) is 1.15. The van der Waals surface area contributed by atoms with E-state index in [0.29, 0.717) is 11.7 Å². The van der Waals surface area contributed by atoms with Crippen LogP contribution in [0, 0.1) is 5.82 Å². The second kappa shape index (κ2) is 6.23. The lowest BCUT2D eigenvalue weighted by Crippen LogP contribution is -2.39. The molecule has 0 amide bonds. The zero-order chi connectivity index (χ0) is 12.0. The number of benzene rings is 1. The van der Waals surface area contributed by atoms with Crippen LogP contribution in [0.4, 0.5) is 4.39 Å². The van der Waals surface area contributed by atoms with Gasteiger partial charge in [-0.05, 0) is 36.8 Å². The molecule has 0 aliphatic rings. The topological polar surface area (TPSA) is 24.1 Å². The lowest BCUT2D eigenvalue weighted by atomic mass is 10.2. The van der Waals surface area contributed by atoms with Crippen molar-refractivity contribution in [1.29, 1.82) is 0 Å². The van der Waals surface area contributed by atoms with Crippen molar-refractivity contribution >= 4 is 17.3 Å². The molecular weight excluding hydrogens is 223 g/mol. The molecule has 0 aliphatic heterocycles. The van der Waals surface area contributed by atoms with Crippen LogP contribution in [0.25, 0.3) is 0 Å². The molecule has 0 aromatic heterocycles. The maximum Gasteiger partial charge on any atom is 0.167 e.